The third-order valence-electron chi connectivity index (χ3n) is 6.41. The first-order valence-corrected chi connectivity index (χ1v) is 11.0. The van der Waals surface area contributed by atoms with Gasteiger partial charge in [-0.05, 0) is 48.7 Å². The van der Waals surface area contributed by atoms with Crippen molar-refractivity contribution in [3.63, 3.8) is 0 Å². The Morgan fingerprint density at radius 1 is 1.03 bits per heavy atom. The van der Waals surface area contributed by atoms with Crippen LogP contribution in [0.4, 0.5) is 5.82 Å². The molecule has 1 saturated heterocycles. The predicted molar refractivity (Wildman–Crippen MR) is 119 cm³/mol. The number of hydrogen-bond donors (Lipinski definition) is 1. The summed E-state index contributed by atoms with van der Waals surface area (Å²) in [6.07, 6.45) is 10.4. The number of carbonyl (C=O) groups excluding carboxylic acids is 1. The van der Waals surface area contributed by atoms with Crippen LogP contribution in [-0.4, -0.2) is 52.4 Å². The van der Waals surface area contributed by atoms with E-state index >= 15 is 0 Å². The monoisotopic (exact) mass is 403 g/mol. The van der Waals surface area contributed by atoms with Crippen molar-refractivity contribution in [2.45, 2.75) is 38.3 Å². The molecule has 0 radical (unpaired) electrons. The molecule has 0 spiro atoms. The molecular formula is C24H29N5O. The minimum atomic E-state index is 0.0461. The van der Waals surface area contributed by atoms with E-state index in [2.05, 4.69) is 42.7 Å². The smallest absolute Gasteiger partial charge is 0.252 e. The highest BCUT2D eigenvalue weighted by atomic mass is 16.1. The molecule has 5 rings (SSSR count). The van der Waals surface area contributed by atoms with Crippen LogP contribution in [0.3, 0.4) is 0 Å². The van der Waals surface area contributed by atoms with Crippen LogP contribution in [0.2, 0.25) is 0 Å². The van der Waals surface area contributed by atoms with Crippen LogP contribution < -0.4 is 10.2 Å². The first-order valence-electron chi connectivity index (χ1n) is 11.0. The van der Waals surface area contributed by atoms with Crippen LogP contribution >= 0.6 is 0 Å². The van der Waals surface area contributed by atoms with E-state index in [1.807, 2.05) is 36.8 Å². The molecule has 6 nitrogen and oxygen atoms in total. The molecule has 156 valence electrons. The summed E-state index contributed by atoms with van der Waals surface area (Å²) in [5.41, 5.74) is 3.12. The molecule has 0 unspecified atom stereocenters. The fraction of sp³-hybridized carbons (Fsp3) is 0.417. The molecule has 0 aromatic carbocycles. The fourth-order valence-electron chi connectivity index (χ4n) is 4.70. The molecule has 4 heterocycles. The summed E-state index contributed by atoms with van der Waals surface area (Å²) in [6.45, 7) is 4.94. The topological polar surface area (TPSA) is 52.9 Å². The van der Waals surface area contributed by atoms with Gasteiger partial charge in [0.1, 0.15) is 5.82 Å². The molecule has 2 aliphatic rings. The van der Waals surface area contributed by atoms with Gasteiger partial charge in [-0.3, -0.25) is 14.7 Å². The molecule has 3 aromatic rings. The quantitative estimate of drug-likeness (QED) is 0.710. The zero-order chi connectivity index (χ0) is 20.3. The molecule has 3 aromatic heterocycles. The summed E-state index contributed by atoms with van der Waals surface area (Å²) in [7, 11) is 0. The number of fused-ring (bicyclic) bond motifs is 1. The van der Waals surface area contributed by atoms with E-state index in [1.165, 1.54) is 24.2 Å². The van der Waals surface area contributed by atoms with Crippen molar-refractivity contribution in [3.8, 4) is 0 Å². The maximum absolute atomic E-state index is 12.7. The lowest BCUT2D eigenvalue weighted by Crippen LogP contribution is -2.46. The second-order valence-corrected chi connectivity index (χ2v) is 8.48. The van der Waals surface area contributed by atoms with E-state index in [1.54, 1.807) is 0 Å². The number of nitrogens with zero attached hydrogens (tertiary/aromatic N) is 4. The third-order valence-corrected chi connectivity index (χ3v) is 6.41. The molecule has 1 saturated carbocycles. The lowest BCUT2D eigenvalue weighted by atomic mass is 10.2. The van der Waals surface area contributed by atoms with Crippen molar-refractivity contribution in [3.05, 3.63) is 66.1 Å². The molecule has 0 bridgehead atoms. The Balaban J connectivity index is 1.27. The van der Waals surface area contributed by atoms with Gasteiger partial charge in [0, 0.05) is 62.9 Å². The average Bonchev–Trinajstić information content (AvgIpc) is 3.44. The number of anilines is 1. The number of piperazine rings is 1. The Labute approximate surface area is 177 Å². The first kappa shape index (κ1) is 19.1. The van der Waals surface area contributed by atoms with Gasteiger partial charge in [0.05, 0.1) is 5.56 Å². The van der Waals surface area contributed by atoms with Gasteiger partial charge in [-0.1, -0.05) is 18.9 Å². The van der Waals surface area contributed by atoms with Crippen LogP contribution in [0.5, 0.6) is 0 Å². The minimum absolute atomic E-state index is 0.0461. The second kappa shape index (κ2) is 8.48. The standard InChI is InChI=1S/C24H29N5O/c30-24(26-21-5-1-2-6-21)20-7-8-22-9-10-23(29(22)18-20)28-14-12-27(13-15-28)17-19-4-3-11-25-16-19/h3-4,7-11,16,18,21H,1-2,5-6,12-15,17H2,(H,26,30). The molecule has 6 heteroatoms. The molecule has 1 aliphatic heterocycles. The van der Waals surface area contributed by atoms with E-state index in [9.17, 15) is 4.79 Å². The van der Waals surface area contributed by atoms with E-state index in [0.717, 1.165) is 56.6 Å². The van der Waals surface area contributed by atoms with E-state index in [0.29, 0.717) is 6.04 Å². The normalized spacial score (nSPS) is 18.2. The molecule has 1 N–H and O–H groups in total. The number of carbonyl (C=O) groups is 1. The Morgan fingerprint density at radius 3 is 2.60 bits per heavy atom. The Kier molecular flexibility index (Phi) is 5.41. The summed E-state index contributed by atoms with van der Waals surface area (Å²) in [5, 5.41) is 3.20. The van der Waals surface area contributed by atoms with Crippen molar-refractivity contribution in [1.82, 2.24) is 19.6 Å². The second-order valence-electron chi connectivity index (χ2n) is 8.48. The maximum atomic E-state index is 12.7. The summed E-state index contributed by atoms with van der Waals surface area (Å²) in [6, 6.07) is 12.8. The highest BCUT2D eigenvalue weighted by Crippen LogP contribution is 2.23. The Morgan fingerprint density at radius 2 is 1.83 bits per heavy atom. The van der Waals surface area contributed by atoms with Gasteiger partial charge >= 0.3 is 0 Å². The van der Waals surface area contributed by atoms with Gasteiger partial charge in [-0.25, -0.2) is 0 Å². The largest absolute Gasteiger partial charge is 0.355 e. The summed E-state index contributed by atoms with van der Waals surface area (Å²) in [5.74, 6) is 1.21. The lowest BCUT2D eigenvalue weighted by molar-refractivity contribution is 0.0937. The van der Waals surface area contributed by atoms with E-state index in [-0.39, 0.29) is 5.91 Å². The Hall–Kier alpha value is -2.86. The Bertz CT molecular complexity index is 1000. The van der Waals surface area contributed by atoms with Gasteiger partial charge in [0.15, 0.2) is 0 Å². The minimum Gasteiger partial charge on any atom is -0.355 e. The van der Waals surface area contributed by atoms with Gasteiger partial charge in [0.25, 0.3) is 5.91 Å². The number of hydrogen-bond acceptors (Lipinski definition) is 4. The molecule has 2 fully saturated rings. The van der Waals surface area contributed by atoms with Crippen molar-refractivity contribution in [2.75, 3.05) is 31.1 Å². The molecule has 0 atom stereocenters. The number of amides is 1. The first-order chi connectivity index (χ1) is 14.8. The number of pyridine rings is 2. The molecule has 1 amide bonds. The predicted octanol–water partition coefficient (Wildman–Crippen LogP) is 3.33. The third kappa shape index (κ3) is 4.05. The lowest BCUT2D eigenvalue weighted by Gasteiger charge is -2.35. The van der Waals surface area contributed by atoms with E-state index < -0.39 is 0 Å². The van der Waals surface area contributed by atoms with Crippen LogP contribution in [0.1, 0.15) is 41.6 Å². The van der Waals surface area contributed by atoms with Gasteiger partial charge in [-0.2, -0.15) is 0 Å². The molecule has 1 aliphatic carbocycles. The molecule has 30 heavy (non-hydrogen) atoms. The van der Waals surface area contributed by atoms with Crippen LogP contribution in [0.25, 0.3) is 5.52 Å². The van der Waals surface area contributed by atoms with Crippen molar-refractivity contribution >= 4 is 17.2 Å². The summed E-state index contributed by atoms with van der Waals surface area (Å²) in [4.78, 5) is 21.8. The van der Waals surface area contributed by atoms with E-state index in [4.69, 9.17) is 0 Å². The van der Waals surface area contributed by atoms with Crippen LogP contribution in [0, 0.1) is 0 Å². The fourth-order valence-corrected chi connectivity index (χ4v) is 4.70. The highest BCUT2D eigenvalue weighted by molar-refractivity contribution is 5.94. The van der Waals surface area contributed by atoms with Crippen LogP contribution in [0.15, 0.2) is 55.0 Å². The van der Waals surface area contributed by atoms with Gasteiger partial charge in [-0.15, -0.1) is 0 Å². The van der Waals surface area contributed by atoms with Gasteiger partial charge in [0.2, 0.25) is 0 Å². The number of nitrogens with one attached hydrogen (secondary N) is 1. The van der Waals surface area contributed by atoms with Crippen molar-refractivity contribution < 1.29 is 4.79 Å². The van der Waals surface area contributed by atoms with Crippen molar-refractivity contribution in [1.29, 1.82) is 0 Å². The zero-order valence-electron chi connectivity index (χ0n) is 17.3. The van der Waals surface area contributed by atoms with Crippen LogP contribution in [-0.2, 0) is 6.54 Å². The average molecular weight is 404 g/mol. The van der Waals surface area contributed by atoms with Gasteiger partial charge < -0.3 is 14.6 Å². The summed E-state index contributed by atoms with van der Waals surface area (Å²) >= 11 is 0. The zero-order valence-corrected chi connectivity index (χ0v) is 17.3. The SMILES string of the molecule is O=C(NC1CCCC1)c1ccc2ccc(N3CCN(Cc4cccnc4)CC3)n2c1. The van der Waals surface area contributed by atoms with Crippen molar-refractivity contribution in [2.24, 2.45) is 0 Å². The number of rotatable bonds is 5. The highest BCUT2D eigenvalue weighted by Gasteiger charge is 2.21. The maximum Gasteiger partial charge on any atom is 0.252 e. The summed E-state index contributed by atoms with van der Waals surface area (Å²) < 4.78 is 2.17. The number of aromatic nitrogens is 2. The molecular weight excluding hydrogens is 374 g/mol.